The van der Waals surface area contributed by atoms with Crippen LogP contribution >= 0.6 is 0 Å². The van der Waals surface area contributed by atoms with Gasteiger partial charge < -0.3 is 19.9 Å². The third-order valence-electron chi connectivity index (χ3n) is 2.86. The predicted octanol–water partition coefficient (Wildman–Crippen LogP) is 0.328. The maximum atomic E-state index is 12.2. The van der Waals surface area contributed by atoms with E-state index in [9.17, 15) is 9.59 Å². The number of nitrogens with one attached hydrogen (secondary N) is 1. The lowest BCUT2D eigenvalue weighted by Gasteiger charge is -2.23. The highest BCUT2D eigenvalue weighted by atomic mass is 16.5. The van der Waals surface area contributed by atoms with Crippen LogP contribution in [0.15, 0.2) is 24.5 Å². The van der Waals surface area contributed by atoms with Gasteiger partial charge in [0.25, 0.3) is 0 Å². The number of carbonyl (C=O) groups excluding carboxylic acids is 2. The number of aromatic nitrogens is 1. The van der Waals surface area contributed by atoms with Crippen molar-refractivity contribution < 1.29 is 14.3 Å². The minimum absolute atomic E-state index is 0.0222. The second kappa shape index (κ2) is 8.91. The van der Waals surface area contributed by atoms with Crippen LogP contribution in [0.25, 0.3) is 0 Å². The molecule has 0 spiro atoms. The van der Waals surface area contributed by atoms with Crippen LogP contribution in [0, 0.1) is 0 Å². The summed E-state index contributed by atoms with van der Waals surface area (Å²) in [6, 6.07) is 3.40. The van der Waals surface area contributed by atoms with Crippen LogP contribution in [0.4, 0.5) is 4.79 Å². The van der Waals surface area contributed by atoms with Gasteiger partial charge in [-0.15, -0.1) is 0 Å². The summed E-state index contributed by atoms with van der Waals surface area (Å²) in [5.74, 6) is -0.154. The Morgan fingerprint density at radius 3 is 2.52 bits per heavy atom. The first-order valence-corrected chi connectivity index (χ1v) is 6.65. The second-order valence-corrected chi connectivity index (χ2v) is 4.72. The maximum absolute atomic E-state index is 12.2. The fourth-order valence-electron chi connectivity index (χ4n) is 1.58. The SMILES string of the molecule is COCCN(Cc1ccncc1)C(=O)NCC(=O)N(C)C. The lowest BCUT2D eigenvalue weighted by Crippen LogP contribution is -2.45. The Balaban J connectivity index is 2.59. The van der Waals surface area contributed by atoms with Crippen LogP contribution in [0.3, 0.4) is 0 Å². The van der Waals surface area contributed by atoms with Crippen molar-refractivity contribution in [2.75, 3.05) is 40.9 Å². The molecule has 0 bridgehead atoms. The summed E-state index contributed by atoms with van der Waals surface area (Å²) in [5.41, 5.74) is 0.968. The zero-order chi connectivity index (χ0) is 15.7. The molecule has 0 saturated heterocycles. The van der Waals surface area contributed by atoms with Crippen LogP contribution < -0.4 is 5.32 Å². The van der Waals surface area contributed by atoms with Crippen molar-refractivity contribution in [1.29, 1.82) is 0 Å². The molecule has 21 heavy (non-hydrogen) atoms. The summed E-state index contributed by atoms with van der Waals surface area (Å²) >= 11 is 0. The Labute approximate surface area is 124 Å². The minimum Gasteiger partial charge on any atom is -0.383 e. The van der Waals surface area contributed by atoms with Crippen LogP contribution in [-0.2, 0) is 16.1 Å². The number of hydrogen-bond donors (Lipinski definition) is 1. The number of pyridine rings is 1. The average molecular weight is 294 g/mol. The van der Waals surface area contributed by atoms with Gasteiger partial charge in [-0.2, -0.15) is 0 Å². The first-order chi connectivity index (χ1) is 10.0. The quantitative estimate of drug-likeness (QED) is 0.786. The van der Waals surface area contributed by atoms with E-state index < -0.39 is 0 Å². The molecule has 1 aromatic heterocycles. The number of carbonyl (C=O) groups is 2. The predicted molar refractivity (Wildman–Crippen MR) is 78.6 cm³/mol. The van der Waals surface area contributed by atoms with E-state index in [0.29, 0.717) is 19.7 Å². The molecule has 7 nitrogen and oxygen atoms in total. The zero-order valence-corrected chi connectivity index (χ0v) is 12.7. The fourth-order valence-corrected chi connectivity index (χ4v) is 1.58. The van der Waals surface area contributed by atoms with E-state index >= 15 is 0 Å². The Morgan fingerprint density at radius 1 is 1.29 bits per heavy atom. The molecule has 1 rings (SSSR count). The van der Waals surface area contributed by atoms with E-state index in [1.165, 1.54) is 4.90 Å². The molecule has 0 radical (unpaired) electrons. The van der Waals surface area contributed by atoms with Crippen LogP contribution in [-0.4, -0.2) is 67.6 Å². The summed E-state index contributed by atoms with van der Waals surface area (Å²) in [7, 11) is 4.88. The summed E-state index contributed by atoms with van der Waals surface area (Å²) in [4.78, 5) is 30.6. The smallest absolute Gasteiger partial charge is 0.318 e. The van der Waals surface area contributed by atoms with Gasteiger partial charge in [0.2, 0.25) is 5.91 Å². The molecule has 0 atom stereocenters. The highest BCUT2D eigenvalue weighted by Gasteiger charge is 2.15. The van der Waals surface area contributed by atoms with Crippen LogP contribution in [0.1, 0.15) is 5.56 Å². The van der Waals surface area contributed by atoms with Crippen molar-refractivity contribution in [3.05, 3.63) is 30.1 Å². The zero-order valence-electron chi connectivity index (χ0n) is 12.7. The number of nitrogens with zero attached hydrogens (tertiary/aromatic N) is 3. The van der Waals surface area contributed by atoms with Gasteiger partial charge in [-0.25, -0.2) is 4.79 Å². The largest absolute Gasteiger partial charge is 0.383 e. The molecule has 3 amide bonds. The topological polar surface area (TPSA) is 74.8 Å². The molecule has 0 aromatic carbocycles. The van der Waals surface area contributed by atoms with Gasteiger partial charge in [-0.05, 0) is 17.7 Å². The normalized spacial score (nSPS) is 10.0. The van der Waals surface area contributed by atoms with Gasteiger partial charge in [-0.3, -0.25) is 9.78 Å². The van der Waals surface area contributed by atoms with Crippen molar-refractivity contribution in [3.63, 3.8) is 0 Å². The number of likely N-dealkylation sites (N-methyl/N-ethyl adjacent to an activating group) is 1. The van der Waals surface area contributed by atoms with Gasteiger partial charge in [0.05, 0.1) is 13.2 Å². The Hall–Kier alpha value is -2.15. The highest BCUT2D eigenvalue weighted by Crippen LogP contribution is 2.03. The number of ether oxygens (including phenoxy) is 1. The maximum Gasteiger partial charge on any atom is 0.318 e. The average Bonchev–Trinajstić information content (AvgIpc) is 2.49. The van der Waals surface area contributed by atoms with Crippen molar-refractivity contribution >= 4 is 11.9 Å². The lowest BCUT2D eigenvalue weighted by molar-refractivity contribution is -0.127. The molecule has 0 unspecified atom stereocenters. The van der Waals surface area contributed by atoms with E-state index in [0.717, 1.165) is 5.56 Å². The van der Waals surface area contributed by atoms with E-state index in [1.807, 2.05) is 12.1 Å². The van der Waals surface area contributed by atoms with Crippen LogP contribution in [0.2, 0.25) is 0 Å². The molecule has 7 heteroatoms. The summed E-state index contributed by atoms with van der Waals surface area (Å²) in [6.45, 7) is 1.29. The van der Waals surface area contributed by atoms with Crippen molar-refractivity contribution in [3.8, 4) is 0 Å². The third-order valence-corrected chi connectivity index (χ3v) is 2.86. The molecular weight excluding hydrogens is 272 g/mol. The van der Waals surface area contributed by atoms with Gasteiger partial charge in [0, 0.05) is 46.7 Å². The third kappa shape index (κ3) is 6.22. The number of rotatable bonds is 7. The number of methoxy groups -OCH3 is 1. The van der Waals surface area contributed by atoms with E-state index in [2.05, 4.69) is 10.3 Å². The first kappa shape index (κ1) is 16.9. The van der Waals surface area contributed by atoms with Gasteiger partial charge in [-0.1, -0.05) is 0 Å². The van der Waals surface area contributed by atoms with Crippen LogP contribution in [0.5, 0.6) is 0 Å². The monoisotopic (exact) mass is 294 g/mol. The number of hydrogen-bond acceptors (Lipinski definition) is 4. The lowest BCUT2D eigenvalue weighted by atomic mass is 10.2. The molecular formula is C14H22N4O3. The fraction of sp³-hybridized carbons (Fsp3) is 0.500. The molecule has 1 N–H and O–H groups in total. The minimum atomic E-state index is -0.293. The highest BCUT2D eigenvalue weighted by molar-refractivity contribution is 5.83. The van der Waals surface area contributed by atoms with Gasteiger partial charge in [0.15, 0.2) is 0 Å². The molecule has 116 valence electrons. The van der Waals surface area contributed by atoms with Crippen molar-refractivity contribution in [2.45, 2.75) is 6.54 Å². The first-order valence-electron chi connectivity index (χ1n) is 6.65. The molecule has 0 aliphatic heterocycles. The summed E-state index contributed by atoms with van der Waals surface area (Å²) in [6.07, 6.45) is 3.36. The Morgan fingerprint density at radius 2 is 1.95 bits per heavy atom. The van der Waals surface area contributed by atoms with Gasteiger partial charge in [0.1, 0.15) is 0 Å². The van der Waals surface area contributed by atoms with E-state index in [4.69, 9.17) is 4.74 Å². The summed E-state index contributed by atoms with van der Waals surface area (Å²) < 4.78 is 5.01. The van der Waals surface area contributed by atoms with E-state index in [1.54, 1.807) is 38.5 Å². The Bertz CT molecular complexity index is 451. The van der Waals surface area contributed by atoms with E-state index in [-0.39, 0.29) is 18.5 Å². The summed E-state index contributed by atoms with van der Waals surface area (Å²) in [5, 5.41) is 2.62. The molecule has 0 aliphatic rings. The standard InChI is InChI=1S/C14H22N4O3/c1-17(2)13(19)10-16-14(20)18(8-9-21-3)11-12-4-6-15-7-5-12/h4-7H,8-11H2,1-3H3,(H,16,20). The second-order valence-electron chi connectivity index (χ2n) is 4.72. The molecule has 0 fully saturated rings. The molecule has 1 heterocycles. The van der Waals surface area contributed by atoms with Gasteiger partial charge >= 0.3 is 6.03 Å². The number of urea groups is 1. The molecule has 0 aliphatic carbocycles. The Kier molecular flexibility index (Phi) is 7.17. The molecule has 1 aromatic rings. The van der Waals surface area contributed by atoms with Crippen molar-refractivity contribution in [1.82, 2.24) is 20.1 Å². The number of amides is 3. The van der Waals surface area contributed by atoms with Crippen molar-refractivity contribution in [2.24, 2.45) is 0 Å². The molecule has 0 saturated carbocycles.